The van der Waals surface area contributed by atoms with Crippen LogP contribution < -0.4 is 5.73 Å². The lowest BCUT2D eigenvalue weighted by Gasteiger charge is -2.08. The molecule has 0 heterocycles. The van der Waals surface area contributed by atoms with E-state index in [1.165, 1.54) is 12.1 Å². The molecule has 0 unspecified atom stereocenters. The highest BCUT2D eigenvalue weighted by Crippen LogP contribution is 2.20. The first-order valence-corrected chi connectivity index (χ1v) is 5.43. The molecule has 1 aromatic carbocycles. The fourth-order valence-corrected chi connectivity index (χ4v) is 1.74. The molecule has 0 amide bonds. The predicted molar refractivity (Wildman–Crippen MR) is 50.0 cm³/mol. The molecule has 0 aliphatic carbocycles. The van der Waals surface area contributed by atoms with Crippen molar-refractivity contribution in [2.45, 2.75) is 11.1 Å². The molecule has 0 fully saturated rings. The van der Waals surface area contributed by atoms with E-state index in [9.17, 15) is 21.6 Å². The van der Waals surface area contributed by atoms with Crippen LogP contribution in [0.4, 0.5) is 18.9 Å². The largest absolute Gasteiger partial charge is 0.413 e. The molecule has 0 saturated carbocycles. The number of hydrogen-bond donors (Lipinski definition) is 1. The predicted octanol–water partition coefficient (Wildman–Crippen LogP) is 1.54. The summed E-state index contributed by atoms with van der Waals surface area (Å²) in [5.74, 6) is 0. The molecule has 0 aliphatic rings. The quantitative estimate of drug-likeness (QED) is 0.657. The van der Waals surface area contributed by atoms with E-state index in [-0.39, 0.29) is 4.90 Å². The van der Waals surface area contributed by atoms with Crippen molar-refractivity contribution < 1.29 is 25.8 Å². The third-order valence-electron chi connectivity index (χ3n) is 1.55. The van der Waals surface area contributed by atoms with Gasteiger partial charge in [0.25, 0.3) is 10.1 Å². The van der Waals surface area contributed by atoms with Crippen molar-refractivity contribution in [2.24, 2.45) is 0 Å². The zero-order valence-corrected chi connectivity index (χ0v) is 8.68. The summed E-state index contributed by atoms with van der Waals surface area (Å²) in [7, 11) is -4.39. The van der Waals surface area contributed by atoms with Crippen LogP contribution in [0.25, 0.3) is 0 Å². The zero-order chi connectivity index (χ0) is 12.4. The average Bonchev–Trinajstić information content (AvgIpc) is 2.15. The van der Waals surface area contributed by atoms with E-state index in [0.29, 0.717) is 5.69 Å². The van der Waals surface area contributed by atoms with Gasteiger partial charge in [-0.2, -0.15) is 21.6 Å². The molecule has 1 rings (SSSR count). The Kier molecular flexibility index (Phi) is 3.44. The molecule has 0 aliphatic heterocycles. The van der Waals surface area contributed by atoms with Gasteiger partial charge in [-0.05, 0) is 24.3 Å². The molecule has 8 heteroatoms. The molecule has 2 N–H and O–H groups in total. The number of nitrogens with two attached hydrogens (primary N) is 1. The summed E-state index contributed by atoms with van der Waals surface area (Å²) in [5.41, 5.74) is 5.60. The van der Waals surface area contributed by atoms with Crippen LogP contribution in [0, 0.1) is 0 Å². The molecular weight excluding hydrogens is 247 g/mol. The maximum Gasteiger partial charge on any atom is 0.413 e. The second-order valence-corrected chi connectivity index (χ2v) is 4.52. The van der Waals surface area contributed by atoms with E-state index in [1.807, 2.05) is 0 Å². The second-order valence-electron chi connectivity index (χ2n) is 2.90. The van der Waals surface area contributed by atoms with Crippen LogP contribution >= 0.6 is 0 Å². The average molecular weight is 255 g/mol. The highest BCUT2D eigenvalue weighted by Gasteiger charge is 2.31. The highest BCUT2D eigenvalue weighted by molar-refractivity contribution is 7.86. The van der Waals surface area contributed by atoms with Crippen LogP contribution in [0.5, 0.6) is 0 Å². The topological polar surface area (TPSA) is 69.4 Å². The molecule has 0 spiro atoms. The summed E-state index contributed by atoms with van der Waals surface area (Å²) in [6.45, 7) is -1.85. The van der Waals surface area contributed by atoms with E-state index < -0.39 is 22.9 Å². The minimum absolute atomic E-state index is 0.301. The van der Waals surface area contributed by atoms with Crippen LogP contribution in [-0.4, -0.2) is 21.2 Å². The van der Waals surface area contributed by atoms with Gasteiger partial charge in [0.15, 0.2) is 6.61 Å². The molecule has 0 atom stereocenters. The summed E-state index contributed by atoms with van der Waals surface area (Å²) in [5, 5.41) is 0. The van der Waals surface area contributed by atoms with Crippen LogP contribution in [0.3, 0.4) is 0 Å². The Morgan fingerprint density at radius 3 is 2.12 bits per heavy atom. The van der Waals surface area contributed by atoms with Crippen molar-refractivity contribution in [3.63, 3.8) is 0 Å². The number of benzene rings is 1. The first-order chi connectivity index (χ1) is 7.21. The Hall–Kier alpha value is -1.28. The summed E-state index contributed by atoms with van der Waals surface area (Å²) >= 11 is 0. The number of nitrogen functional groups attached to an aromatic ring is 1. The molecule has 90 valence electrons. The normalized spacial score (nSPS) is 12.7. The molecule has 0 bridgehead atoms. The summed E-state index contributed by atoms with van der Waals surface area (Å²) < 4.78 is 61.5. The fraction of sp³-hybridized carbons (Fsp3) is 0.250. The minimum atomic E-state index is -4.69. The molecular formula is C8H8F3NO3S. The monoisotopic (exact) mass is 255 g/mol. The zero-order valence-electron chi connectivity index (χ0n) is 7.86. The number of alkyl halides is 3. The van der Waals surface area contributed by atoms with Gasteiger partial charge in [0.2, 0.25) is 0 Å². The van der Waals surface area contributed by atoms with Crippen molar-refractivity contribution in [3.05, 3.63) is 24.3 Å². The molecule has 1 aromatic rings. The lowest BCUT2D eigenvalue weighted by Crippen LogP contribution is -2.20. The van der Waals surface area contributed by atoms with Crippen molar-refractivity contribution >= 4 is 15.8 Å². The standard InChI is InChI=1S/C8H8F3NO3S/c9-8(10,11)5-15-16(13,14)7-3-1-6(12)2-4-7/h1-4H,5,12H2. The number of rotatable bonds is 3. The molecule has 0 aromatic heterocycles. The van der Waals surface area contributed by atoms with E-state index >= 15 is 0 Å². The van der Waals surface area contributed by atoms with Crippen molar-refractivity contribution in [1.82, 2.24) is 0 Å². The third-order valence-corrected chi connectivity index (χ3v) is 2.82. The van der Waals surface area contributed by atoms with Crippen LogP contribution in [0.2, 0.25) is 0 Å². The second kappa shape index (κ2) is 4.30. The van der Waals surface area contributed by atoms with Gasteiger partial charge < -0.3 is 5.73 Å². The van der Waals surface area contributed by atoms with Crippen LogP contribution in [0.15, 0.2) is 29.2 Å². The molecule has 0 radical (unpaired) electrons. The summed E-state index contributed by atoms with van der Waals surface area (Å²) in [4.78, 5) is -0.369. The van der Waals surface area contributed by atoms with Gasteiger partial charge in [0.1, 0.15) is 0 Å². The SMILES string of the molecule is Nc1ccc(S(=O)(=O)OCC(F)(F)F)cc1. The van der Waals surface area contributed by atoms with Gasteiger partial charge in [-0.3, -0.25) is 4.18 Å². The number of hydrogen-bond acceptors (Lipinski definition) is 4. The van der Waals surface area contributed by atoms with Gasteiger partial charge in [-0.1, -0.05) is 0 Å². The van der Waals surface area contributed by atoms with E-state index in [4.69, 9.17) is 5.73 Å². The first-order valence-electron chi connectivity index (χ1n) is 4.02. The van der Waals surface area contributed by atoms with Gasteiger partial charge in [0, 0.05) is 5.69 Å². The van der Waals surface area contributed by atoms with Gasteiger partial charge in [-0.25, -0.2) is 0 Å². The molecule has 0 saturated heterocycles. The lowest BCUT2D eigenvalue weighted by molar-refractivity contribution is -0.152. The number of anilines is 1. The molecule has 16 heavy (non-hydrogen) atoms. The Labute approximate surface area is 89.9 Å². The van der Waals surface area contributed by atoms with Gasteiger partial charge >= 0.3 is 6.18 Å². The third kappa shape index (κ3) is 3.70. The molecule has 4 nitrogen and oxygen atoms in total. The van der Waals surface area contributed by atoms with Crippen molar-refractivity contribution in [2.75, 3.05) is 12.3 Å². The lowest BCUT2D eigenvalue weighted by atomic mass is 10.3. The fourth-order valence-electron chi connectivity index (χ4n) is 0.847. The highest BCUT2D eigenvalue weighted by atomic mass is 32.2. The number of halogens is 3. The summed E-state index contributed by atoms with van der Waals surface area (Å²) in [6.07, 6.45) is -4.69. The van der Waals surface area contributed by atoms with Crippen molar-refractivity contribution in [1.29, 1.82) is 0 Å². The Morgan fingerprint density at radius 2 is 1.69 bits per heavy atom. The van der Waals surface area contributed by atoms with E-state index in [1.54, 1.807) is 0 Å². The van der Waals surface area contributed by atoms with Crippen LogP contribution in [-0.2, 0) is 14.3 Å². The Bertz CT molecular complexity index is 452. The maximum absolute atomic E-state index is 11.8. The Morgan fingerprint density at radius 1 is 1.19 bits per heavy atom. The van der Waals surface area contributed by atoms with Crippen molar-refractivity contribution in [3.8, 4) is 0 Å². The minimum Gasteiger partial charge on any atom is -0.399 e. The smallest absolute Gasteiger partial charge is 0.399 e. The van der Waals surface area contributed by atoms with E-state index in [2.05, 4.69) is 4.18 Å². The van der Waals surface area contributed by atoms with Crippen LogP contribution in [0.1, 0.15) is 0 Å². The summed E-state index contributed by atoms with van der Waals surface area (Å²) in [6, 6.07) is 4.65. The van der Waals surface area contributed by atoms with Gasteiger partial charge in [0.05, 0.1) is 4.90 Å². The maximum atomic E-state index is 11.8. The van der Waals surface area contributed by atoms with Gasteiger partial charge in [-0.15, -0.1) is 0 Å². The Balaban J connectivity index is 2.83. The van der Waals surface area contributed by atoms with E-state index in [0.717, 1.165) is 12.1 Å². The first kappa shape index (κ1) is 12.8.